The first-order valence-electron chi connectivity index (χ1n) is 11.1. The number of carbonyl (C=O) groups is 1. The number of ether oxygens (including phenoxy) is 2. The minimum atomic E-state index is -3.34. The van der Waals surface area contributed by atoms with Crippen LogP contribution in [0.2, 0.25) is 0 Å². The number of hydrogen-bond acceptors (Lipinski definition) is 6. The Hall–Kier alpha value is -2.62. The van der Waals surface area contributed by atoms with Crippen molar-refractivity contribution in [1.29, 1.82) is 0 Å². The first-order valence-corrected chi connectivity index (χ1v) is 13.0. The zero-order valence-electron chi connectivity index (χ0n) is 19.5. The predicted octanol–water partition coefficient (Wildman–Crippen LogP) is 2.39. The van der Waals surface area contributed by atoms with Crippen molar-refractivity contribution in [3.63, 3.8) is 0 Å². The summed E-state index contributed by atoms with van der Waals surface area (Å²) < 4.78 is 35.9. The third-order valence-electron chi connectivity index (χ3n) is 5.71. The monoisotopic (exact) mass is 475 g/mol. The van der Waals surface area contributed by atoms with Crippen molar-refractivity contribution >= 4 is 21.6 Å². The van der Waals surface area contributed by atoms with Crippen LogP contribution in [0.4, 0.5) is 5.69 Å². The van der Waals surface area contributed by atoms with Gasteiger partial charge in [0.1, 0.15) is 5.75 Å². The van der Waals surface area contributed by atoms with Gasteiger partial charge in [0.2, 0.25) is 10.0 Å². The summed E-state index contributed by atoms with van der Waals surface area (Å²) in [6.45, 7) is 6.47. The summed E-state index contributed by atoms with van der Waals surface area (Å²) in [4.78, 5) is 15.2. The molecule has 1 saturated heterocycles. The van der Waals surface area contributed by atoms with E-state index in [9.17, 15) is 13.2 Å². The molecule has 180 valence electrons. The molecule has 0 aromatic heterocycles. The summed E-state index contributed by atoms with van der Waals surface area (Å²) in [6.07, 6.45) is 1.01. The Morgan fingerprint density at radius 1 is 1.12 bits per heavy atom. The Balaban J connectivity index is 1.58. The third-order valence-corrected chi connectivity index (χ3v) is 6.91. The molecule has 1 fully saturated rings. The summed E-state index contributed by atoms with van der Waals surface area (Å²) >= 11 is 0. The van der Waals surface area contributed by atoms with Crippen molar-refractivity contribution in [2.45, 2.75) is 32.5 Å². The highest BCUT2D eigenvalue weighted by Gasteiger charge is 2.20. The molecule has 1 N–H and O–H groups in total. The number of carbonyl (C=O) groups excluding carboxylic acids is 1. The van der Waals surface area contributed by atoms with Crippen LogP contribution in [-0.4, -0.2) is 64.9 Å². The molecule has 2 aromatic rings. The van der Waals surface area contributed by atoms with Gasteiger partial charge in [0.15, 0.2) is 6.10 Å². The maximum atomic E-state index is 12.8. The standard InChI is InChI=1S/C24H33N3O5S/c1-4-23(32-22-11-9-21(10-12-22)26(2)33(3,29)30)24(28)25-17-19-7-5-6-8-20(19)18-27-13-15-31-16-14-27/h5-12,23H,4,13-18H2,1-3H3,(H,25,28). The molecule has 9 heteroatoms. The molecule has 0 spiro atoms. The van der Waals surface area contributed by atoms with Gasteiger partial charge in [0, 0.05) is 33.2 Å². The van der Waals surface area contributed by atoms with Crippen molar-refractivity contribution in [2.24, 2.45) is 0 Å². The lowest BCUT2D eigenvalue weighted by molar-refractivity contribution is -0.128. The molecule has 1 aliphatic rings. The van der Waals surface area contributed by atoms with Gasteiger partial charge in [0.25, 0.3) is 5.91 Å². The van der Waals surface area contributed by atoms with Gasteiger partial charge in [-0.05, 0) is 41.8 Å². The zero-order chi connectivity index (χ0) is 23.8. The van der Waals surface area contributed by atoms with E-state index in [1.54, 1.807) is 24.3 Å². The summed E-state index contributed by atoms with van der Waals surface area (Å²) in [6, 6.07) is 14.8. The molecule has 0 aliphatic carbocycles. The van der Waals surface area contributed by atoms with E-state index < -0.39 is 16.1 Å². The second-order valence-corrected chi connectivity index (χ2v) is 10.1. The summed E-state index contributed by atoms with van der Waals surface area (Å²) in [5.41, 5.74) is 2.80. The Bertz CT molecular complexity index is 1020. The fourth-order valence-electron chi connectivity index (χ4n) is 3.59. The lowest BCUT2D eigenvalue weighted by Gasteiger charge is -2.27. The first kappa shape index (κ1) is 25.0. The summed E-state index contributed by atoms with van der Waals surface area (Å²) in [5, 5.41) is 3.00. The molecular formula is C24H33N3O5S. The number of morpholine rings is 1. The van der Waals surface area contributed by atoms with E-state index in [4.69, 9.17) is 9.47 Å². The van der Waals surface area contributed by atoms with Gasteiger partial charge in [0.05, 0.1) is 25.2 Å². The first-order chi connectivity index (χ1) is 15.8. The second kappa shape index (κ2) is 11.5. The van der Waals surface area contributed by atoms with E-state index in [1.165, 1.54) is 16.9 Å². The number of nitrogens with zero attached hydrogens (tertiary/aromatic N) is 2. The van der Waals surface area contributed by atoms with Crippen LogP contribution in [0.5, 0.6) is 5.75 Å². The van der Waals surface area contributed by atoms with Crippen LogP contribution in [-0.2, 0) is 32.6 Å². The average molecular weight is 476 g/mol. The Labute approximate surface area is 196 Å². The largest absolute Gasteiger partial charge is 0.481 e. The maximum absolute atomic E-state index is 12.8. The number of anilines is 1. The van der Waals surface area contributed by atoms with Gasteiger partial charge in [-0.2, -0.15) is 0 Å². The van der Waals surface area contributed by atoms with E-state index in [-0.39, 0.29) is 5.91 Å². The van der Waals surface area contributed by atoms with Crippen molar-refractivity contribution in [1.82, 2.24) is 10.2 Å². The highest BCUT2D eigenvalue weighted by molar-refractivity contribution is 7.92. The normalized spacial score (nSPS) is 15.6. The number of nitrogens with one attached hydrogen (secondary N) is 1. The Kier molecular flexibility index (Phi) is 8.71. The van der Waals surface area contributed by atoms with Crippen LogP contribution in [0.3, 0.4) is 0 Å². The van der Waals surface area contributed by atoms with E-state index in [0.29, 0.717) is 24.4 Å². The predicted molar refractivity (Wildman–Crippen MR) is 129 cm³/mol. The van der Waals surface area contributed by atoms with Gasteiger partial charge in [-0.25, -0.2) is 8.42 Å². The molecule has 1 unspecified atom stereocenters. The zero-order valence-corrected chi connectivity index (χ0v) is 20.3. The fraction of sp³-hybridized carbons (Fsp3) is 0.458. The summed E-state index contributed by atoms with van der Waals surface area (Å²) in [7, 11) is -1.85. The molecular weight excluding hydrogens is 442 g/mol. The number of benzene rings is 2. The lowest BCUT2D eigenvalue weighted by Crippen LogP contribution is -2.38. The van der Waals surface area contributed by atoms with Crippen molar-refractivity contribution < 1.29 is 22.7 Å². The van der Waals surface area contributed by atoms with Crippen LogP contribution in [0.15, 0.2) is 48.5 Å². The molecule has 0 bridgehead atoms. The van der Waals surface area contributed by atoms with Crippen molar-refractivity contribution in [3.05, 3.63) is 59.7 Å². The molecule has 3 rings (SSSR count). The minimum absolute atomic E-state index is 0.184. The molecule has 33 heavy (non-hydrogen) atoms. The molecule has 1 aliphatic heterocycles. The van der Waals surface area contributed by atoms with Gasteiger partial charge in [-0.3, -0.25) is 14.0 Å². The third kappa shape index (κ3) is 7.18. The van der Waals surface area contributed by atoms with Crippen molar-refractivity contribution in [3.8, 4) is 5.75 Å². The molecule has 8 nitrogen and oxygen atoms in total. The molecule has 0 saturated carbocycles. The van der Waals surface area contributed by atoms with Crippen LogP contribution in [0, 0.1) is 0 Å². The molecule has 1 atom stereocenters. The molecule has 2 aromatic carbocycles. The number of sulfonamides is 1. The lowest BCUT2D eigenvalue weighted by atomic mass is 10.1. The van der Waals surface area contributed by atoms with Crippen LogP contribution >= 0.6 is 0 Å². The number of hydrogen-bond donors (Lipinski definition) is 1. The quantitative estimate of drug-likeness (QED) is 0.568. The Morgan fingerprint density at radius 2 is 1.76 bits per heavy atom. The smallest absolute Gasteiger partial charge is 0.261 e. The second-order valence-electron chi connectivity index (χ2n) is 8.11. The fourth-order valence-corrected chi connectivity index (χ4v) is 4.10. The van der Waals surface area contributed by atoms with Crippen molar-refractivity contribution in [2.75, 3.05) is 43.9 Å². The average Bonchev–Trinajstić information content (AvgIpc) is 2.82. The SMILES string of the molecule is CCC(Oc1ccc(N(C)S(C)(=O)=O)cc1)C(=O)NCc1ccccc1CN1CCOCC1. The molecule has 1 heterocycles. The van der Waals surface area contributed by atoms with E-state index in [1.807, 2.05) is 25.1 Å². The van der Waals surface area contributed by atoms with Gasteiger partial charge in [-0.15, -0.1) is 0 Å². The summed E-state index contributed by atoms with van der Waals surface area (Å²) in [5.74, 6) is 0.325. The van der Waals surface area contributed by atoms with Gasteiger partial charge >= 0.3 is 0 Å². The number of rotatable bonds is 10. The van der Waals surface area contributed by atoms with Gasteiger partial charge in [-0.1, -0.05) is 31.2 Å². The van der Waals surface area contributed by atoms with E-state index in [2.05, 4.69) is 16.3 Å². The van der Waals surface area contributed by atoms with Gasteiger partial charge < -0.3 is 14.8 Å². The van der Waals surface area contributed by atoms with E-state index >= 15 is 0 Å². The van der Waals surface area contributed by atoms with Crippen LogP contribution in [0.25, 0.3) is 0 Å². The maximum Gasteiger partial charge on any atom is 0.261 e. The van der Waals surface area contributed by atoms with E-state index in [0.717, 1.165) is 44.7 Å². The molecule has 0 radical (unpaired) electrons. The molecule has 1 amide bonds. The van der Waals surface area contributed by atoms with Crippen LogP contribution in [0.1, 0.15) is 24.5 Å². The highest BCUT2D eigenvalue weighted by atomic mass is 32.2. The topological polar surface area (TPSA) is 88.2 Å². The minimum Gasteiger partial charge on any atom is -0.481 e. The Morgan fingerprint density at radius 3 is 2.36 bits per heavy atom. The highest BCUT2D eigenvalue weighted by Crippen LogP contribution is 2.21. The van der Waals surface area contributed by atoms with Crippen LogP contribution < -0.4 is 14.4 Å². The number of amides is 1.